The number of ether oxygens (including phenoxy) is 1. The number of aldehydes is 1. The molecule has 0 unspecified atom stereocenters. The molecule has 0 radical (unpaired) electrons. The minimum absolute atomic E-state index is 0.131. The van der Waals surface area contributed by atoms with E-state index in [1.165, 1.54) is 0 Å². The molecule has 100 valence electrons. The lowest BCUT2D eigenvalue weighted by molar-refractivity contribution is -0.143. The van der Waals surface area contributed by atoms with E-state index < -0.39 is 28.4 Å². The van der Waals surface area contributed by atoms with Crippen molar-refractivity contribution in [1.29, 1.82) is 0 Å². The van der Waals surface area contributed by atoms with Crippen LogP contribution in [0.3, 0.4) is 0 Å². The predicted molar refractivity (Wildman–Crippen MR) is 58.6 cm³/mol. The summed E-state index contributed by atoms with van der Waals surface area (Å²) in [7, 11) is 0. The molecule has 1 aromatic carbocycles. The van der Waals surface area contributed by atoms with Gasteiger partial charge in [0.25, 0.3) is 0 Å². The van der Waals surface area contributed by atoms with E-state index in [0.29, 0.717) is 19.0 Å². The van der Waals surface area contributed by atoms with Crippen molar-refractivity contribution in [3.63, 3.8) is 0 Å². The normalized spacial score (nSPS) is 9.17. The highest BCUT2D eigenvalue weighted by Crippen LogP contribution is 2.20. The number of halogens is 4. The average molecular weight is 283 g/mol. The molecule has 0 aliphatic heterocycles. The Balaban J connectivity index is 0.000000331. The van der Waals surface area contributed by atoms with E-state index >= 15 is 0 Å². The summed E-state index contributed by atoms with van der Waals surface area (Å²) in [6, 6.07) is 1.44. The van der Waals surface area contributed by atoms with Gasteiger partial charge in [-0.3, -0.25) is 4.79 Å². The molecule has 0 aliphatic rings. The Kier molecular flexibility index (Phi) is 7.78. The second-order valence-corrected chi connectivity index (χ2v) is 3.21. The summed E-state index contributed by atoms with van der Waals surface area (Å²) >= 11 is 4.99. The highest BCUT2D eigenvalue weighted by Gasteiger charge is 2.10. The van der Waals surface area contributed by atoms with Crippen molar-refractivity contribution in [2.24, 2.45) is 0 Å². The van der Waals surface area contributed by atoms with Crippen molar-refractivity contribution in [2.75, 3.05) is 6.61 Å². The summed E-state index contributed by atoms with van der Waals surface area (Å²) < 4.78 is 41.0. The quantitative estimate of drug-likeness (QED) is 0.281. The number of hydrogen-bond donors (Lipinski definition) is 0. The molecule has 0 heterocycles. The zero-order valence-corrected chi connectivity index (χ0v) is 10.1. The Morgan fingerprint density at radius 1 is 1.33 bits per heavy atom. The van der Waals surface area contributed by atoms with Gasteiger partial charge in [-0.2, -0.15) is 0 Å². The molecule has 0 N–H and O–H groups in total. The number of carbonyl (C=O) groups is 2. The first-order valence-corrected chi connectivity index (χ1v) is 5.20. The van der Waals surface area contributed by atoms with E-state index in [-0.39, 0.29) is 6.42 Å². The fraction of sp³-hybridized carbons (Fsp3) is 0.273. The first-order chi connectivity index (χ1) is 8.43. The van der Waals surface area contributed by atoms with Crippen molar-refractivity contribution >= 4 is 23.9 Å². The molecule has 18 heavy (non-hydrogen) atoms. The van der Waals surface area contributed by atoms with Crippen molar-refractivity contribution in [3.8, 4) is 0 Å². The molecule has 3 nitrogen and oxygen atoms in total. The van der Waals surface area contributed by atoms with Crippen molar-refractivity contribution in [1.82, 2.24) is 0 Å². The first kappa shape index (κ1) is 16.4. The standard InChI is InChI=1S/C6H2ClF3.C5H8O3/c7-5-3(8)1-2-4(9)6(5)10;1-2-8-5(7)3-4-6/h1-2H;4H,2-3H2,1H3. The lowest BCUT2D eigenvalue weighted by Gasteiger charge is -1.94. The lowest BCUT2D eigenvalue weighted by Crippen LogP contribution is -2.03. The van der Waals surface area contributed by atoms with Gasteiger partial charge in [-0.25, -0.2) is 13.2 Å². The molecular formula is C11H10ClF3O3. The second-order valence-electron chi connectivity index (χ2n) is 2.83. The van der Waals surface area contributed by atoms with Gasteiger partial charge in [-0.05, 0) is 19.1 Å². The number of rotatable bonds is 3. The maximum absolute atomic E-state index is 12.2. The van der Waals surface area contributed by atoms with Gasteiger partial charge in [-0.15, -0.1) is 0 Å². The van der Waals surface area contributed by atoms with E-state index in [4.69, 9.17) is 11.6 Å². The van der Waals surface area contributed by atoms with Gasteiger partial charge in [0.1, 0.15) is 23.5 Å². The number of esters is 1. The molecule has 7 heteroatoms. The Labute approximate surface area is 106 Å². The van der Waals surface area contributed by atoms with Gasteiger partial charge in [0.2, 0.25) is 0 Å². The van der Waals surface area contributed by atoms with Crippen LogP contribution < -0.4 is 0 Å². The molecule has 0 spiro atoms. The van der Waals surface area contributed by atoms with Crippen LogP contribution in [0.5, 0.6) is 0 Å². The van der Waals surface area contributed by atoms with E-state index in [1.54, 1.807) is 6.92 Å². The Bertz CT molecular complexity index is 397. The Morgan fingerprint density at radius 2 is 1.89 bits per heavy atom. The third kappa shape index (κ3) is 5.67. The minimum Gasteiger partial charge on any atom is -0.466 e. The van der Waals surface area contributed by atoms with E-state index in [0.717, 1.165) is 6.07 Å². The molecule has 0 atom stereocenters. The molecular weight excluding hydrogens is 273 g/mol. The van der Waals surface area contributed by atoms with Gasteiger partial charge in [0.05, 0.1) is 6.61 Å². The number of hydrogen-bond acceptors (Lipinski definition) is 3. The smallest absolute Gasteiger partial charge is 0.312 e. The number of benzene rings is 1. The van der Waals surface area contributed by atoms with E-state index in [1.807, 2.05) is 0 Å². The van der Waals surface area contributed by atoms with Gasteiger partial charge < -0.3 is 9.53 Å². The van der Waals surface area contributed by atoms with Crippen LogP contribution in [0.2, 0.25) is 5.02 Å². The van der Waals surface area contributed by atoms with Crippen LogP contribution in [0.4, 0.5) is 13.2 Å². The van der Waals surface area contributed by atoms with Gasteiger partial charge in [0.15, 0.2) is 11.6 Å². The van der Waals surface area contributed by atoms with Crippen LogP contribution in [0.25, 0.3) is 0 Å². The van der Waals surface area contributed by atoms with Crippen molar-refractivity contribution in [2.45, 2.75) is 13.3 Å². The fourth-order valence-corrected chi connectivity index (χ4v) is 0.944. The second kappa shape index (κ2) is 8.52. The molecule has 0 bridgehead atoms. The summed E-state index contributed by atoms with van der Waals surface area (Å²) in [6.07, 6.45) is 0.395. The van der Waals surface area contributed by atoms with Crippen LogP contribution >= 0.6 is 11.6 Å². The zero-order valence-electron chi connectivity index (χ0n) is 9.38. The van der Waals surface area contributed by atoms with Crippen molar-refractivity contribution in [3.05, 3.63) is 34.6 Å². The summed E-state index contributed by atoms with van der Waals surface area (Å²) in [5.74, 6) is -3.91. The van der Waals surface area contributed by atoms with Crippen molar-refractivity contribution < 1.29 is 27.5 Å². The Morgan fingerprint density at radius 3 is 2.33 bits per heavy atom. The maximum atomic E-state index is 12.2. The Hall–Kier alpha value is -1.56. The molecule has 0 amide bonds. The van der Waals surface area contributed by atoms with Crippen LogP contribution in [-0.4, -0.2) is 18.9 Å². The average Bonchev–Trinajstić information content (AvgIpc) is 2.33. The minimum atomic E-state index is -1.35. The largest absolute Gasteiger partial charge is 0.466 e. The highest BCUT2D eigenvalue weighted by molar-refractivity contribution is 6.30. The summed E-state index contributed by atoms with van der Waals surface area (Å²) in [4.78, 5) is 19.8. The monoisotopic (exact) mass is 282 g/mol. The van der Waals surface area contributed by atoms with Crippen LogP contribution in [0.15, 0.2) is 12.1 Å². The third-order valence-corrected chi connectivity index (χ3v) is 1.89. The van der Waals surface area contributed by atoms with Crippen LogP contribution in [0.1, 0.15) is 13.3 Å². The molecule has 1 aromatic rings. The zero-order chi connectivity index (χ0) is 14.1. The topological polar surface area (TPSA) is 43.4 Å². The fourth-order valence-electron chi connectivity index (χ4n) is 0.790. The van der Waals surface area contributed by atoms with Gasteiger partial charge in [-0.1, -0.05) is 11.6 Å². The molecule has 0 aromatic heterocycles. The molecule has 0 saturated heterocycles. The SMILES string of the molecule is CCOC(=O)CC=O.Fc1ccc(F)c(Cl)c1F. The summed E-state index contributed by atoms with van der Waals surface area (Å²) in [5, 5.41) is -0.806. The first-order valence-electron chi connectivity index (χ1n) is 4.82. The molecule has 0 aliphatic carbocycles. The summed E-state index contributed by atoms with van der Waals surface area (Å²) in [5.41, 5.74) is 0. The molecule has 0 saturated carbocycles. The lowest BCUT2D eigenvalue weighted by atomic mass is 10.3. The van der Waals surface area contributed by atoms with Crippen LogP contribution in [0, 0.1) is 17.5 Å². The maximum Gasteiger partial charge on any atom is 0.312 e. The van der Waals surface area contributed by atoms with E-state index in [2.05, 4.69) is 4.74 Å². The number of carbonyl (C=O) groups excluding carboxylic acids is 2. The highest BCUT2D eigenvalue weighted by atomic mass is 35.5. The molecule has 1 rings (SSSR count). The molecule has 0 fully saturated rings. The summed E-state index contributed by atoms with van der Waals surface area (Å²) in [6.45, 7) is 2.04. The van der Waals surface area contributed by atoms with Gasteiger partial charge >= 0.3 is 5.97 Å². The van der Waals surface area contributed by atoms with Crippen LogP contribution in [-0.2, 0) is 14.3 Å². The van der Waals surface area contributed by atoms with E-state index in [9.17, 15) is 22.8 Å². The third-order valence-electron chi connectivity index (χ3n) is 1.54. The van der Waals surface area contributed by atoms with Gasteiger partial charge in [0, 0.05) is 0 Å². The predicted octanol–water partition coefficient (Wildman–Crippen LogP) is 2.90.